The molecular formula is C28H28ClN5O4. The molecular weight excluding hydrogens is 506 g/mol. The van der Waals surface area contributed by atoms with E-state index in [9.17, 15) is 10.1 Å². The van der Waals surface area contributed by atoms with Crippen LogP contribution in [0.3, 0.4) is 0 Å². The number of carbonyl (C=O) groups is 1. The molecule has 1 fully saturated rings. The maximum atomic E-state index is 13.0. The summed E-state index contributed by atoms with van der Waals surface area (Å²) in [5, 5.41) is 17.9. The van der Waals surface area contributed by atoms with Gasteiger partial charge in [0, 0.05) is 29.2 Å². The molecule has 2 aliphatic rings. The normalized spacial score (nSPS) is 17.1. The van der Waals surface area contributed by atoms with Crippen molar-refractivity contribution in [3.8, 4) is 29.0 Å². The number of amides is 1. The van der Waals surface area contributed by atoms with Crippen LogP contribution in [-0.4, -0.2) is 47.5 Å². The van der Waals surface area contributed by atoms with E-state index in [1.165, 1.54) is 5.56 Å². The number of nitrogens with zero attached hydrogens (tertiary/aromatic N) is 3. The predicted octanol–water partition coefficient (Wildman–Crippen LogP) is 4.98. The van der Waals surface area contributed by atoms with Gasteiger partial charge in [-0.05, 0) is 36.1 Å². The molecule has 0 spiro atoms. The summed E-state index contributed by atoms with van der Waals surface area (Å²) >= 11 is 6.41. The molecule has 3 heterocycles. The zero-order valence-electron chi connectivity index (χ0n) is 21.2. The van der Waals surface area contributed by atoms with Crippen LogP contribution in [0, 0.1) is 17.2 Å². The van der Waals surface area contributed by atoms with E-state index in [-0.39, 0.29) is 23.1 Å². The van der Waals surface area contributed by atoms with Gasteiger partial charge in [-0.1, -0.05) is 49.7 Å². The van der Waals surface area contributed by atoms with E-state index < -0.39 is 12.0 Å². The number of morpholine rings is 1. The molecule has 10 heteroatoms. The summed E-state index contributed by atoms with van der Waals surface area (Å²) in [6.45, 7) is 6.10. The summed E-state index contributed by atoms with van der Waals surface area (Å²) in [4.78, 5) is 14.5. The number of hydrogen-bond donors (Lipinski definition) is 2. The van der Waals surface area contributed by atoms with Crippen molar-refractivity contribution in [2.45, 2.75) is 26.2 Å². The number of nitriles is 1. The molecule has 3 N–H and O–H groups in total. The Kier molecular flexibility index (Phi) is 7.27. The van der Waals surface area contributed by atoms with E-state index >= 15 is 0 Å². The molecule has 9 nitrogen and oxygen atoms in total. The van der Waals surface area contributed by atoms with Gasteiger partial charge in [0.15, 0.2) is 0 Å². The molecule has 1 atom stereocenters. The highest BCUT2D eigenvalue weighted by Gasteiger charge is 2.38. The summed E-state index contributed by atoms with van der Waals surface area (Å²) in [6.07, 6.45) is 0.457. The Morgan fingerprint density at radius 2 is 2.00 bits per heavy atom. The molecule has 196 valence electrons. The zero-order chi connectivity index (χ0) is 26.8. The first-order valence-corrected chi connectivity index (χ1v) is 12.8. The number of ether oxygens (including phenoxy) is 3. The van der Waals surface area contributed by atoms with Crippen LogP contribution in [0.1, 0.15) is 36.5 Å². The van der Waals surface area contributed by atoms with Gasteiger partial charge in [0.05, 0.1) is 30.4 Å². The maximum Gasteiger partial charge on any atom is 0.415 e. The van der Waals surface area contributed by atoms with Crippen LogP contribution >= 0.6 is 11.6 Å². The molecule has 5 rings (SSSR count). The number of nitrogens with two attached hydrogens (primary N) is 1. The molecule has 0 aliphatic carbocycles. The highest BCUT2D eigenvalue weighted by molar-refractivity contribution is 6.30. The van der Waals surface area contributed by atoms with Crippen molar-refractivity contribution in [3.63, 3.8) is 0 Å². The Morgan fingerprint density at radius 1 is 1.26 bits per heavy atom. The Morgan fingerprint density at radius 3 is 2.68 bits per heavy atom. The van der Waals surface area contributed by atoms with Crippen LogP contribution in [0.25, 0.3) is 11.3 Å². The van der Waals surface area contributed by atoms with Crippen LogP contribution in [-0.2, 0) is 11.2 Å². The lowest BCUT2D eigenvalue weighted by molar-refractivity contribution is 0.0415. The SMILES string of the molecule is CC(C)Cc1ccc(-c2[nH]nc3c2C(c2cc(Cl)ccc2OC(=O)N2CCOCC2)C(C#N)=C(N)O3)cc1. The molecule has 2 aliphatic heterocycles. The van der Waals surface area contributed by atoms with E-state index in [1.807, 2.05) is 12.1 Å². The predicted molar refractivity (Wildman–Crippen MR) is 142 cm³/mol. The van der Waals surface area contributed by atoms with Gasteiger partial charge in [-0.3, -0.25) is 5.10 Å². The fourth-order valence-electron chi connectivity index (χ4n) is 4.80. The van der Waals surface area contributed by atoms with Gasteiger partial charge < -0.3 is 24.8 Å². The van der Waals surface area contributed by atoms with Gasteiger partial charge in [-0.25, -0.2) is 4.79 Å². The fraction of sp³-hybridized carbons (Fsp3) is 0.321. The van der Waals surface area contributed by atoms with Gasteiger partial charge in [0.25, 0.3) is 0 Å². The number of fused-ring (bicyclic) bond motifs is 1. The summed E-state index contributed by atoms with van der Waals surface area (Å²) in [6, 6.07) is 15.3. The molecule has 0 bridgehead atoms. The van der Waals surface area contributed by atoms with E-state index in [0.717, 1.165) is 12.0 Å². The number of allylic oxidation sites excluding steroid dienone is 1. The third kappa shape index (κ3) is 5.05. The monoisotopic (exact) mass is 533 g/mol. The number of hydrogen-bond acceptors (Lipinski definition) is 7. The van der Waals surface area contributed by atoms with E-state index in [4.69, 9.17) is 31.5 Å². The lowest BCUT2D eigenvalue weighted by Crippen LogP contribution is -2.42. The first-order chi connectivity index (χ1) is 18.4. The molecule has 1 unspecified atom stereocenters. The van der Waals surface area contributed by atoms with Gasteiger partial charge >= 0.3 is 6.09 Å². The number of aromatic nitrogens is 2. The standard InChI is InChI=1S/C28H28ClN5O4/c1-16(2)13-17-3-5-18(6-4-17)25-24-23(21(15-30)26(31)38-27(24)33-32-25)20-14-19(29)7-8-22(20)37-28(35)34-9-11-36-12-10-34/h3-8,14,16,23H,9-13,31H2,1-2H3,(H,32,33). The Hall–Kier alpha value is -4.00. The quantitative estimate of drug-likeness (QED) is 0.473. The number of aromatic amines is 1. The largest absolute Gasteiger partial charge is 0.420 e. The summed E-state index contributed by atoms with van der Waals surface area (Å²) in [7, 11) is 0. The smallest absolute Gasteiger partial charge is 0.415 e. The van der Waals surface area contributed by atoms with Gasteiger partial charge in [-0.2, -0.15) is 5.26 Å². The van der Waals surface area contributed by atoms with Crippen LogP contribution in [0.4, 0.5) is 4.79 Å². The fourth-order valence-corrected chi connectivity index (χ4v) is 4.98. The second-order valence-corrected chi connectivity index (χ2v) is 10.1. The molecule has 3 aromatic rings. The van der Waals surface area contributed by atoms with Crippen LogP contribution < -0.4 is 15.2 Å². The third-order valence-corrected chi connectivity index (χ3v) is 6.81. The van der Waals surface area contributed by atoms with Crippen molar-refractivity contribution >= 4 is 17.7 Å². The molecule has 2 aromatic carbocycles. The number of carbonyl (C=O) groups excluding carboxylic acids is 1. The first-order valence-electron chi connectivity index (χ1n) is 12.4. The van der Waals surface area contributed by atoms with Gasteiger partial charge in [0.1, 0.15) is 17.4 Å². The molecule has 38 heavy (non-hydrogen) atoms. The average molecular weight is 534 g/mol. The van der Waals surface area contributed by atoms with Crippen molar-refractivity contribution in [2.75, 3.05) is 26.3 Å². The first kappa shape index (κ1) is 25.6. The highest BCUT2D eigenvalue weighted by atomic mass is 35.5. The van der Waals surface area contributed by atoms with Gasteiger partial charge in [-0.15, -0.1) is 5.10 Å². The number of nitrogens with one attached hydrogen (secondary N) is 1. The summed E-state index contributed by atoms with van der Waals surface area (Å²) in [5.41, 5.74) is 10.2. The maximum absolute atomic E-state index is 13.0. The zero-order valence-corrected chi connectivity index (χ0v) is 21.9. The lowest BCUT2D eigenvalue weighted by Gasteiger charge is -2.28. The van der Waals surface area contributed by atoms with Crippen LogP contribution in [0.2, 0.25) is 5.02 Å². The van der Waals surface area contributed by atoms with Crippen LogP contribution in [0.15, 0.2) is 53.9 Å². The van der Waals surface area contributed by atoms with Crippen molar-refractivity contribution in [1.82, 2.24) is 15.1 Å². The molecule has 1 amide bonds. The van der Waals surface area contributed by atoms with Crippen molar-refractivity contribution in [1.29, 1.82) is 5.26 Å². The number of H-pyrrole nitrogens is 1. The minimum atomic E-state index is -0.737. The molecule has 0 radical (unpaired) electrons. The van der Waals surface area contributed by atoms with Crippen LogP contribution in [0.5, 0.6) is 11.6 Å². The Balaban J connectivity index is 1.59. The number of rotatable bonds is 5. The topological polar surface area (TPSA) is 126 Å². The number of benzene rings is 2. The van der Waals surface area contributed by atoms with E-state index in [1.54, 1.807) is 23.1 Å². The Labute approximate surface area is 225 Å². The second-order valence-electron chi connectivity index (χ2n) is 9.69. The van der Waals surface area contributed by atoms with E-state index in [2.05, 4.69) is 42.2 Å². The van der Waals surface area contributed by atoms with Gasteiger partial charge in [0.2, 0.25) is 11.8 Å². The summed E-state index contributed by atoms with van der Waals surface area (Å²) < 4.78 is 16.9. The minimum absolute atomic E-state index is 0.0687. The average Bonchev–Trinajstić information content (AvgIpc) is 3.32. The highest BCUT2D eigenvalue weighted by Crippen LogP contribution is 2.48. The summed E-state index contributed by atoms with van der Waals surface area (Å²) in [5.74, 6) is 0.243. The second kappa shape index (κ2) is 10.8. The molecule has 0 saturated carbocycles. The Bertz CT molecular complexity index is 1420. The lowest BCUT2D eigenvalue weighted by atomic mass is 9.82. The van der Waals surface area contributed by atoms with E-state index in [0.29, 0.717) is 54.1 Å². The molecule has 1 saturated heterocycles. The number of halogens is 1. The minimum Gasteiger partial charge on any atom is -0.420 e. The van der Waals surface area contributed by atoms with Crippen molar-refractivity contribution in [3.05, 3.63) is 75.6 Å². The van der Waals surface area contributed by atoms with Crippen molar-refractivity contribution in [2.24, 2.45) is 11.7 Å². The van der Waals surface area contributed by atoms with Crippen molar-refractivity contribution < 1.29 is 19.0 Å². The molecule has 1 aromatic heterocycles. The third-order valence-electron chi connectivity index (χ3n) is 6.57.